The Bertz CT molecular complexity index is 844. The minimum absolute atomic E-state index is 0.0438. The van der Waals surface area contributed by atoms with Crippen LogP contribution < -0.4 is 10.6 Å². The fourth-order valence-corrected chi connectivity index (χ4v) is 4.61. The van der Waals surface area contributed by atoms with Crippen molar-refractivity contribution in [2.45, 2.75) is 50.2 Å². The van der Waals surface area contributed by atoms with Crippen molar-refractivity contribution in [2.24, 2.45) is 0 Å². The molecule has 146 valence electrons. The van der Waals surface area contributed by atoms with Gasteiger partial charge < -0.3 is 15.5 Å². The first-order valence-electron chi connectivity index (χ1n) is 9.81. The molecule has 2 fully saturated rings. The summed E-state index contributed by atoms with van der Waals surface area (Å²) in [5.41, 5.74) is 1.30. The maximum Gasteiger partial charge on any atom is 0.322 e. The summed E-state index contributed by atoms with van der Waals surface area (Å²) >= 11 is 6.19. The highest BCUT2D eigenvalue weighted by Gasteiger charge is 2.41. The molecular formula is C22H24ClN3O2. The van der Waals surface area contributed by atoms with E-state index in [2.05, 4.69) is 10.6 Å². The first kappa shape index (κ1) is 18.8. The highest BCUT2D eigenvalue weighted by Crippen LogP contribution is 2.35. The lowest BCUT2D eigenvalue weighted by molar-refractivity contribution is 0.0577. The summed E-state index contributed by atoms with van der Waals surface area (Å²) in [6, 6.07) is 16.8. The highest BCUT2D eigenvalue weighted by molar-refractivity contribution is 6.33. The van der Waals surface area contributed by atoms with Crippen LogP contribution in [0.1, 0.15) is 42.5 Å². The first-order chi connectivity index (χ1) is 13.6. The van der Waals surface area contributed by atoms with E-state index in [-0.39, 0.29) is 30.1 Å². The van der Waals surface area contributed by atoms with Gasteiger partial charge in [0, 0.05) is 23.7 Å². The quantitative estimate of drug-likeness (QED) is 0.789. The SMILES string of the molecule is O=C(NC1C[C@H]2CCC[C@@H](C1)N2C(=O)Nc1ccccc1Cl)c1ccccc1. The number of piperidine rings is 2. The monoisotopic (exact) mass is 397 g/mol. The van der Waals surface area contributed by atoms with Crippen molar-refractivity contribution >= 4 is 29.2 Å². The highest BCUT2D eigenvalue weighted by atomic mass is 35.5. The predicted molar refractivity (Wildman–Crippen MR) is 111 cm³/mol. The second-order valence-corrected chi connectivity index (χ2v) is 7.97. The Balaban J connectivity index is 1.43. The molecule has 0 spiro atoms. The van der Waals surface area contributed by atoms with E-state index in [1.165, 1.54) is 0 Å². The Morgan fingerprint density at radius 2 is 1.57 bits per heavy atom. The minimum Gasteiger partial charge on any atom is -0.349 e. The molecule has 28 heavy (non-hydrogen) atoms. The number of hydrogen-bond donors (Lipinski definition) is 2. The molecule has 2 aliphatic rings. The van der Waals surface area contributed by atoms with Crippen LogP contribution >= 0.6 is 11.6 Å². The maximum absolute atomic E-state index is 13.0. The molecule has 2 heterocycles. The summed E-state index contributed by atoms with van der Waals surface area (Å²) in [6.07, 6.45) is 4.61. The number of carbonyl (C=O) groups is 2. The molecule has 2 aliphatic heterocycles. The molecule has 3 amide bonds. The van der Waals surface area contributed by atoms with Crippen molar-refractivity contribution in [3.8, 4) is 0 Å². The normalized spacial score (nSPS) is 23.8. The van der Waals surface area contributed by atoms with Gasteiger partial charge in [-0.3, -0.25) is 4.79 Å². The zero-order valence-corrected chi connectivity index (χ0v) is 16.4. The van der Waals surface area contributed by atoms with Crippen LogP contribution in [-0.4, -0.2) is 35.0 Å². The number of amides is 3. The third-order valence-electron chi connectivity index (χ3n) is 5.70. The first-order valence-corrected chi connectivity index (χ1v) is 10.2. The Labute approximate surface area is 170 Å². The topological polar surface area (TPSA) is 61.4 Å². The Hall–Kier alpha value is -2.53. The number of benzene rings is 2. The summed E-state index contributed by atoms with van der Waals surface area (Å²) in [5.74, 6) is -0.0438. The number of nitrogens with zero attached hydrogens (tertiary/aromatic N) is 1. The van der Waals surface area contributed by atoms with Crippen molar-refractivity contribution < 1.29 is 9.59 Å². The Morgan fingerprint density at radius 1 is 0.929 bits per heavy atom. The number of halogens is 1. The van der Waals surface area contributed by atoms with E-state index < -0.39 is 0 Å². The van der Waals surface area contributed by atoms with Gasteiger partial charge in [-0.15, -0.1) is 0 Å². The van der Waals surface area contributed by atoms with Crippen molar-refractivity contribution in [3.63, 3.8) is 0 Å². The lowest BCUT2D eigenvalue weighted by atomic mass is 9.82. The van der Waals surface area contributed by atoms with E-state index in [4.69, 9.17) is 11.6 Å². The molecule has 0 radical (unpaired) electrons. The van der Waals surface area contributed by atoms with Crippen LogP contribution in [0.5, 0.6) is 0 Å². The van der Waals surface area contributed by atoms with Crippen LogP contribution in [0.3, 0.4) is 0 Å². The number of hydrogen-bond acceptors (Lipinski definition) is 2. The molecule has 0 aromatic heterocycles. The zero-order chi connectivity index (χ0) is 19.5. The van der Waals surface area contributed by atoms with E-state index in [0.29, 0.717) is 16.3 Å². The summed E-state index contributed by atoms with van der Waals surface area (Å²) < 4.78 is 0. The van der Waals surface area contributed by atoms with Gasteiger partial charge in [0.2, 0.25) is 0 Å². The fourth-order valence-electron chi connectivity index (χ4n) is 4.43. The maximum atomic E-state index is 13.0. The van der Waals surface area contributed by atoms with E-state index >= 15 is 0 Å². The molecule has 0 aliphatic carbocycles. The average molecular weight is 398 g/mol. The van der Waals surface area contributed by atoms with Crippen molar-refractivity contribution in [1.82, 2.24) is 10.2 Å². The van der Waals surface area contributed by atoms with Crippen molar-refractivity contribution in [2.75, 3.05) is 5.32 Å². The van der Waals surface area contributed by atoms with Crippen molar-refractivity contribution in [3.05, 3.63) is 65.2 Å². The lowest BCUT2D eigenvalue weighted by Gasteiger charge is -2.48. The predicted octanol–water partition coefficient (Wildman–Crippen LogP) is 4.69. The molecule has 6 heteroatoms. The number of urea groups is 1. The number of fused-ring (bicyclic) bond motifs is 2. The smallest absolute Gasteiger partial charge is 0.322 e. The molecule has 1 unspecified atom stereocenters. The number of nitrogens with one attached hydrogen (secondary N) is 2. The minimum atomic E-state index is -0.101. The van der Waals surface area contributed by atoms with Gasteiger partial charge in [-0.25, -0.2) is 4.79 Å². The standard InChI is InChI=1S/C22H24ClN3O2/c23-19-11-4-5-12-20(19)25-22(28)26-17-9-6-10-18(26)14-16(13-17)24-21(27)15-7-2-1-3-8-15/h1-5,7-8,11-12,16-18H,6,9-10,13-14H2,(H,24,27)(H,25,28)/t16?,17-,18+. The van der Waals surface area contributed by atoms with E-state index in [1.807, 2.05) is 53.4 Å². The van der Waals surface area contributed by atoms with Crippen LogP contribution in [0.2, 0.25) is 5.02 Å². The summed E-state index contributed by atoms with van der Waals surface area (Å²) in [6.45, 7) is 0. The fraction of sp³-hybridized carbons (Fsp3) is 0.364. The third-order valence-corrected chi connectivity index (χ3v) is 6.03. The van der Waals surface area contributed by atoms with Gasteiger partial charge in [-0.05, 0) is 56.4 Å². The Kier molecular flexibility index (Phi) is 5.53. The van der Waals surface area contributed by atoms with Gasteiger partial charge in [0.25, 0.3) is 5.91 Å². The molecular weight excluding hydrogens is 374 g/mol. The van der Waals surface area contributed by atoms with E-state index in [0.717, 1.165) is 32.1 Å². The molecule has 2 saturated heterocycles. The number of anilines is 1. The largest absolute Gasteiger partial charge is 0.349 e. The molecule has 2 bridgehead atoms. The zero-order valence-electron chi connectivity index (χ0n) is 15.6. The molecule has 0 saturated carbocycles. The molecule has 5 nitrogen and oxygen atoms in total. The van der Waals surface area contributed by atoms with E-state index in [9.17, 15) is 9.59 Å². The van der Waals surface area contributed by atoms with Gasteiger partial charge >= 0.3 is 6.03 Å². The average Bonchev–Trinajstić information content (AvgIpc) is 2.69. The Morgan fingerprint density at radius 3 is 2.25 bits per heavy atom. The molecule has 2 N–H and O–H groups in total. The second kappa shape index (κ2) is 8.23. The van der Waals surface area contributed by atoms with Gasteiger partial charge in [0.15, 0.2) is 0 Å². The van der Waals surface area contributed by atoms with E-state index in [1.54, 1.807) is 6.07 Å². The number of rotatable bonds is 3. The van der Waals surface area contributed by atoms with Crippen LogP contribution in [0.15, 0.2) is 54.6 Å². The molecule has 2 aromatic rings. The van der Waals surface area contributed by atoms with Gasteiger partial charge in [0.05, 0.1) is 10.7 Å². The van der Waals surface area contributed by atoms with Crippen LogP contribution in [0.25, 0.3) is 0 Å². The molecule has 2 aromatic carbocycles. The second-order valence-electron chi connectivity index (χ2n) is 7.56. The van der Waals surface area contributed by atoms with Crippen LogP contribution in [0.4, 0.5) is 10.5 Å². The number of para-hydroxylation sites is 1. The summed E-state index contributed by atoms with van der Waals surface area (Å²) in [7, 11) is 0. The third kappa shape index (κ3) is 3.99. The summed E-state index contributed by atoms with van der Waals surface area (Å²) in [4.78, 5) is 27.4. The van der Waals surface area contributed by atoms with Gasteiger partial charge in [-0.2, -0.15) is 0 Å². The van der Waals surface area contributed by atoms with Gasteiger partial charge in [-0.1, -0.05) is 41.9 Å². The van der Waals surface area contributed by atoms with Gasteiger partial charge in [0.1, 0.15) is 0 Å². The number of carbonyl (C=O) groups excluding carboxylic acids is 2. The van der Waals surface area contributed by atoms with Crippen molar-refractivity contribution in [1.29, 1.82) is 0 Å². The molecule has 4 rings (SSSR count). The molecule has 3 atom stereocenters. The van der Waals surface area contributed by atoms with Crippen LogP contribution in [-0.2, 0) is 0 Å². The van der Waals surface area contributed by atoms with Crippen LogP contribution in [0, 0.1) is 0 Å². The lowest BCUT2D eigenvalue weighted by Crippen LogP contribution is -2.59. The summed E-state index contributed by atoms with van der Waals surface area (Å²) in [5, 5.41) is 6.65.